The van der Waals surface area contributed by atoms with Crippen molar-refractivity contribution in [3.63, 3.8) is 0 Å². The minimum Gasteiger partial charge on any atom is -0.368 e. The van der Waals surface area contributed by atoms with Crippen LogP contribution in [0.3, 0.4) is 0 Å². The molecule has 130 valence electrons. The first-order valence-electron chi connectivity index (χ1n) is 8.84. The minimum absolute atomic E-state index is 0.222. The molecule has 0 saturated carbocycles. The van der Waals surface area contributed by atoms with Crippen molar-refractivity contribution in [2.24, 2.45) is 0 Å². The third-order valence-corrected chi connectivity index (χ3v) is 5.04. The van der Waals surface area contributed by atoms with Crippen LogP contribution in [0.15, 0.2) is 59.4 Å². The van der Waals surface area contributed by atoms with Crippen molar-refractivity contribution in [1.82, 2.24) is 15.0 Å². The van der Waals surface area contributed by atoms with Crippen LogP contribution < -0.4 is 15.5 Å². The Bertz CT molecular complexity index is 1120. The second kappa shape index (κ2) is 5.91. The lowest BCUT2D eigenvalue weighted by Gasteiger charge is -2.37. The molecule has 4 aromatic rings. The smallest absolute Gasteiger partial charge is 0.325 e. The molecule has 0 atom stereocenters. The van der Waals surface area contributed by atoms with E-state index < -0.39 is 0 Å². The molecule has 1 aliphatic rings. The van der Waals surface area contributed by atoms with Gasteiger partial charge in [-0.1, -0.05) is 18.2 Å². The Morgan fingerprint density at radius 1 is 0.808 bits per heavy atom. The van der Waals surface area contributed by atoms with Crippen molar-refractivity contribution in [2.45, 2.75) is 0 Å². The molecule has 0 spiro atoms. The molecule has 6 nitrogen and oxygen atoms in total. The van der Waals surface area contributed by atoms with Crippen molar-refractivity contribution in [2.75, 3.05) is 36.0 Å². The summed E-state index contributed by atoms with van der Waals surface area (Å²) in [6.45, 7) is 3.98. The molecule has 2 aromatic carbocycles. The van der Waals surface area contributed by atoms with Crippen molar-refractivity contribution in [1.29, 1.82) is 0 Å². The summed E-state index contributed by atoms with van der Waals surface area (Å²) in [5.41, 5.74) is 4.50. The van der Waals surface area contributed by atoms with Gasteiger partial charge in [-0.3, -0.25) is 4.98 Å². The largest absolute Gasteiger partial charge is 0.368 e. The molecule has 5 rings (SSSR count). The molecule has 0 bridgehead atoms. The maximum atomic E-state index is 11.5. The first-order chi connectivity index (χ1) is 12.8. The molecule has 2 aromatic heterocycles. The van der Waals surface area contributed by atoms with Gasteiger partial charge in [0.2, 0.25) is 0 Å². The highest BCUT2D eigenvalue weighted by atomic mass is 16.1. The number of H-pyrrole nitrogens is 2. The topological polar surface area (TPSA) is 68.0 Å². The molecule has 6 heteroatoms. The van der Waals surface area contributed by atoms with Crippen LogP contribution in [0, 0.1) is 0 Å². The fourth-order valence-electron chi connectivity index (χ4n) is 3.67. The van der Waals surface area contributed by atoms with Crippen molar-refractivity contribution < 1.29 is 0 Å². The Balaban J connectivity index is 1.41. The van der Waals surface area contributed by atoms with Crippen LogP contribution in [0.25, 0.3) is 22.1 Å². The summed E-state index contributed by atoms with van der Waals surface area (Å²) in [6, 6.07) is 18.8. The average Bonchev–Trinajstić information content (AvgIpc) is 3.05. The van der Waals surface area contributed by atoms with Crippen LogP contribution in [0.4, 0.5) is 11.4 Å². The molecule has 3 heterocycles. The summed E-state index contributed by atoms with van der Waals surface area (Å²) in [4.78, 5) is 26.3. The zero-order chi connectivity index (χ0) is 17.5. The Labute approximate surface area is 150 Å². The molecule has 0 amide bonds. The molecule has 0 radical (unpaired) electrons. The maximum Gasteiger partial charge on any atom is 0.325 e. The van der Waals surface area contributed by atoms with Gasteiger partial charge in [-0.25, -0.2) is 9.78 Å². The number of nitrogens with one attached hydrogen (secondary N) is 2. The molecular weight excluding hydrogens is 326 g/mol. The summed E-state index contributed by atoms with van der Waals surface area (Å²) >= 11 is 0. The number of pyridine rings is 1. The maximum absolute atomic E-state index is 11.5. The van der Waals surface area contributed by atoms with E-state index in [0.717, 1.165) is 42.6 Å². The number of fused-ring (bicyclic) bond motifs is 2. The van der Waals surface area contributed by atoms with E-state index in [4.69, 9.17) is 0 Å². The fraction of sp³-hybridized carbons (Fsp3) is 0.200. The number of para-hydroxylation sites is 1. The third-order valence-electron chi connectivity index (χ3n) is 5.04. The van der Waals surface area contributed by atoms with Gasteiger partial charge in [-0.15, -0.1) is 0 Å². The van der Waals surface area contributed by atoms with Gasteiger partial charge in [0, 0.05) is 42.9 Å². The molecule has 26 heavy (non-hydrogen) atoms. The number of piperazine rings is 1. The lowest BCUT2D eigenvalue weighted by molar-refractivity contribution is 0.654. The van der Waals surface area contributed by atoms with Gasteiger partial charge < -0.3 is 14.8 Å². The second-order valence-electron chi connectivity index (χ2n) is 6.65. The number of imidazole rings is 1. The van der Waals surface area contributed by atoms with Crippen LogP contribution >= 0.6 is 0 Å². The number of aromatic nitrogens is 3. The summed E-state index contributed by atoms with van der Waals surface area (Å²) in [7, 11) is 0. The van der Waals surface area contributed by atoms with E-state index in [2.05, 4.69) is 67.2 Å². The zero-order valence-corrected chi connectivity index (χ0v) is 14.3. The molecule has 2 N–H and O–H groups in total. The van der Waals surface area contributed by atoms with Crippen LogP contribution in [-0.2, 0) is 0 Å². The third kappa shape index (κ3) is 2.60. The van der Waals surface area contributed by atoms with E-state index in [9.17, 15) is 4.79 Å². The van der Waals surface area contributed by atoms with Crippen LogP contribution in [0.5, 0.6) is 0 Å². The van der Waals surface area contributed by atoms with Crippen molar-refractivity contribution in [3.8, 4) is 0 Å². The van der Waals surface area contributed by atoms with Gasteiger partial charge in [0.15, 0.2) is 5.65 Å². The SMILES string of the molecule is O=c1[nH]c2cc3cc(N4CCN(c5ccccc5)CC4)ccc3nc2[nH]1. The van der Waals surface area contributed by atoms with Gasteiger partial charge in [0.05, 0.1) is 11.0 Å². The molecule has 0 aliphatic carbocycles. The number of nitrogens with zero attached hydrogens (tertiary/aromatic N) is 3. The molecule has 0 unspecified atom stereocenters. The second-order valence-corrected chi connectivity index (χ2v) is 6.65. The van der Waals surface area contributed by atoms with Crippen LogP contribution in [-0.4, -0.2) is 41.1 Å². The Morgan fingerprint density at radius 2 is 1.54 bits per heavy atom. The van der Waals surface area contributed by atoms with E-state index in [0.29, 0.717) is 5.65 Å². The van der Waals surface area contributed by atoms with E-state index in [1.165, 1.54) is 11.4 Å². The van der Waals surface area contributed by atoms with Gasteiger partial charge in [0.1, 0.15) is 0 Å². The first-order valence-corrected chi connectivity index (χ1v) is 8.84. The molecule has 1 aliphatic heterocycles. The first kappa shape index (κ1) is 15.0. The summed E-state index contributed by atoms with van der Waals surface area (Å²) < 4.78 is 0. The Morgan fingerprint density at radius 3 is 2.31 bits per heavy atom. The van der Waals surface area contributed by atoms with E-state index in [1.54, 1.807) is 0 Å². The monoisotopic (exact) mass is 345 g/mol. The lowest BCUT2D eigenvalue weighted by atomic mass is 10.1. The minimum atomic E-state index is -0.222. The highest BCUT2D eigenvalue weighted by molar-refractivity contribution is 5.91. The van der Waals surface area contributed by atoms with Gasteiger partial charge in [0.25, 0.3) is 0 Å². The quantitative estimate of drug-likeness (QED) is 0.586. The van der Waals surface area contributed by atoms with E-state index in [1.807, 2.05) is 12.1 Å². The fourth-order valence-corrected chi connectivity index (χ4v) is 3.67. The number of aromatic amines is 2. The van der Waals surface area contributed by atoms with Gasteiger partial charge >= 0.3 is 5.69 Å². The van der Waals surface area contributed by atoms with Crippen LogP contribution in [0.2, 0.25) is 0 Å². The van der Waals surface area contributed by atoms with Gasteiger partial charge in [-0.2, -0.15) is 0 Å². The van der Waals surface area contributed by atoms with Gasteiger partial charge in [-0.05, 0) is 36.4 Å². The number of hydrogen-bond donors (Lipinski definition) is 2. The highest BCUT2D eigenvalue weighted by Crippen LogP contribution is 2.25. The summed E-state index contributed by atoms with van der Waals surface area (Å²) in [5, 5.41) is 1.04. The number of rotatable bonds is 2. The van der Waals surface area contributed by atoms with Crippen molar-refractivity contribution in [3.05, 3.63) is 65.1 Å². The average molecular weight is 345 g/mol. The number of anilines is 2. The lowest BCUT2D eigenvalue weighted by Crippen LogP contribution is -2.46. The van der Waals surface area contributed by atoms with Crippen LogP contribution in [0.1, 0.15) is 0 Å². The highest BCUT2D eigenvalue weighted by Gasteiger charge is 2.17. The summed E-state index contributed by atoms with van der Waals surface area (Å²) in [6.07, 6.45) is 0. The van der Waals surface area contributed by atoms with Crippen molar-refractivity contribution >= 4 is 33.4 Å². The number of hydrogen-bond acceptors (Lipinski definition) is 4. The summed E-state index contributed by atoms with van der Waals surface area (Å²) in [5.74, 6) is 0. The normalized spacial score (nSPS) is 15.1. The van der Waals surface area contributed by atoms with E-state index in [-0.39, 0.29) is 5.69 Å². The Hall–Kier alpha value is -3.28. The van der Waals surface area contributed by atoms with E-state index >= 15 is 0 Å². The zero-order valence-electron chi connectivity index (χ0n) is 14.3. The standard InChI is InChI=1S/C20H19N5O/c26-20-22-18-13-14-12-16(6-7-17(14)21-19(18)23-20)25-10-8-24(9-11-25)15-4-2-1-3-5-15/h1-7,12-13H,8-11H2,(H2,21,22,23,26). The molecule has 1 fully saturated rings. The predicted octanol–water partition coefficient (Wildman–Crippen LogP) is 2.73. The molecular formula is C20H19N5O. The number of benzene rings is 2. The Kier molecular flexibility index (Phi) is 3.41. The molecule has 1 saturated heterocycles. The predicted molar refractivity (Wildman–Crippen MR) is 105 cm³/mol.